The van der Waals surface area contributed by atoms with Crippen molar-refractivity contribution in [2.45, 2.75) is 52.0 Å². The summed E-state index contributed by atoms with van der Waals surface area (Å²) in [7, 11) is 0. The molecule has 0 spiro atoms. The summed E-state index contributed by atoms with van der Waals surface area (Å²) >= 11 is 0. The van der Waals surface area contributed by atoms with Crippen LogP contribution < -0.4 is 5.32 Å². The first-order valence-electron chi connectivity index (χ1n) is 6.75. The summed E-state index contributed by atoms with van der Waals surface area (Å²) in [5, 5.41) is 3.37. The van der Waals surface area contributed by atoms with Crippen LogP contribution in [0.25, 0.3) is 0 Å². The lowest BCUT2D eigenvalue weighted by molar-refractivity contribution is -0.142. The molecule has 1 N–H and O–H groups in total. The van der Waals surface area contributed by atoms with E-state index in [0.717, 1.165) is 38.9 Å². The molecular formula is C13H24N2O. The van der Waals surface area contributed by atoms with Crippen molar-refractivity contribution in [1.82, 2.24) is 10.2 Å². The van der Waals surface area contributed by atoms with Gasteiger partial charge in [0.05, 0.1) is 5.41 Å². The van der Waals surface area contributed by atoms with Crippen LogP contribution in [0.15, 0.2) is 0 Å². The van der Waals surface area contributed by atoms with Gasteiger partial charge in [0.2, 0.25) is 5.91 Å². The lowest BCUT2D eigenvalue weighted by Crippen LogP contribution is -2.46. The molecule has 2 aliphatic rings. The van der Waals surface area contributed by atoms with E-state index < -0.39 is 0 Å². The molecule has 0 aromatic rings. The third-order valence-corrected chi connectivity index (χ3v) is 4.02. The molecule has 0 radical (unpaired) electrons. The molecule has 2 fully saturated rings. The summed E-state index contributed by atoms with van der Waals surface area (Å²) in [6, 6.07) is 0.562. The molecule has 1 atom stereocenters. The van der Waals surface area contributed by atoms with Crippen LogP contribution in [0.5, 0.6) is 0 Å². The summed E-state index contributed by atoms with van der Waals surface area (Å²) in [6.45, 7) is 7.07. The fraction of sp³-hybridized carbons (Fsp3) is 0.923. The van der Waals surface area contributed by atoms with Crippen molar-refractivity contribution in [2.75, 3.05) is 19.6 Å². The number of amides is 1. The second-order valence-electron chi connectivity index (χ2n) is 5.28. The van der Waals surface area contributed by atoms with Gasteiger partial charge in [-0.1, -0.05) is 13.3 Å². The number of rotatable bonds is 5. The topological polar surface area (TPSA) is 32.3 Å². The molecule has 0 bridgehead atoms. The Morgan fingerprint density at radius 3 is 2.62 bits per heavy atom. The van der Waals surface area contributed by atoms with E-state index in [0.29, 0.717) is 11.9 Å². The van der Waals surface area contributed by atoms with Crippen LogP contribution in [0.1, 0.15) is 46.0 Å². The molecule has 92 valence electrons. The van der Waals surface area contributed by atoms with Gasteiger partial charge in [0.25, 0.3) is 0 Å². The molecule has 1 saturated heterocycles. The van der Waals surface area contributed by atoms with Crippen LogP contribution in [0.2, 0.25) is 0 Å². The van der Waals surface area contributed by atoms with Crippen molar-refractivity contribution in [2.24, 2.45) is 5.41 Å². The quantitative estimate of drug-likeness (QED) is 0.772. The lowest BCUT2D eigenvalue weighted by Gasteiger charge is -2.33. The highest BCUT2D eigenvalue weighted by Gasteiger charge is 2.45. The monoisotopic (exact) mass is 224 g/mol. The normalized spacial score (nSPS) is 29.4. The number of hydrogen-bond donors (Lipinski definition) is 1. The van der Waals surface area contributed by atoms with Gasteiger partial charge in [-0.2, -0.15) is 0 Å². The molecule has 0 aromatic heterocycles. The molecule has 1 aliphatic carbocycles. The van der Waals surface area contributed by atoms with Crippen molar-refractivity contribution in [3.63, 3.8) is 0 Å². The molecule has 1 unspecified atom stereocenters. The molecule has 0 aromatic carbocycles. The Labute approximate surface area is 98.6 Å². The first kappa shape index (κ1) is 11.9. The van der Waals surface area contributed by atoms with Crippen molar-refractivity contribution in [1.29, 1.82) is 0 Å². The van der Waals surface area contributed by atoms with Gasteiger partial charge in [-0.15, -0.1) is 0 Å². The maximum atomic E-state index is 12.7. The van der Waals surface area contributed by atoms with Crippen molar-refractivity contribution >= 4 is 5.91 Å². The average molecular weight is 224 g/mol. The Morgan fingerprint density at radius 1 is 1.44 bits per heavy atom. The smallest absolute Gasteiger partial charge is 0.230 e. The lowest BCUT2D eigenvalue weighted by atomic mass is 9.81. The van der Waals surface area contributed by atoms with Gasteiger partial charge in [0.1, 0.15) is 0 Å². The van der Waals surface area contributed by atoms with E-state index in [1.807, 2.05) is 0 Å². The molecule has 1 aliphatic heterocycles. The standard InChI is InChI=1S/C13H24N2O/c1-3-7-13(8-9-14-10-13)12(16)15(4-2)11-5-6-11/h11,14H,3-10H2,1-2H3. The summed E-state index contributed by atoms with van der Waals surface area (Å²) in [6.07, 6.45) is 5.62. The van der Waals surface area contributed by atoms with Crippen LogP contribution in [-0.4, -0.2) is 36.5 Å². The van der Waals surface area contributed by atoms with E-state index in [1.165, 1.54) is 12.8 Å². The Hall–Kier alpha value is -0.570. The van der Waals surface area contributed by atoms with Gasteiger partial charge in [-0.25, -0.2) is 0 Å². The minimum absolute atomic E-state index is 0.0760. The SMILES string of the molecule is CCCC1(C(=O)N(CC)C2CC2)CCNC1. The largest absolute Gasteiger partial charge is 0.339 e. The van der Waals surface area contributed by atoms with Crippen LogP contribution >= 0.6 is 0 Å². The fourth-order valence-electron chi connectivity index (χ4n) is 2.98. The van der Waals surface area contributed by atoms with Gasteiger partial charge in [0.15, 0.2) is 0 Å². The van der Waals surface area contributed by atoms with Gasteiger partial charge in [-0.3, -0.25) is 4.79 Å². The highest BCUT2D eigenvalue weighted by atomic mass is 16.2. The zero-order valence-electron chi connectivity index (χ0n) is 10.6. The first-order valence-corrected chi connectivity index (χ1v) is 6.75. The molecule has 3 nitrogen and oxygen atoms in total. The van der Waals surface area contributed by atoms with Gasteiger partial charge in [0, 0.05) is 19.1 Å². The fourth-order valence-corrected chi connectivity index (χ4v) is 2.98. The Bertz CT molecular complexity index is 255. The second-order valence-corrected chi connectivity index (χ2v) is 5.28. The molecule has 1 saturated carbocycles. The first-order chi connectivity index (χ1) is 7.73. The predicted molar refractivity (Wildman–Crippen MR) is 65.2 cm³/mol. The third-order valence-electron chi connectivity index (χ3n) is 4.02. The molecular weight excluding hydrogens is 200 g/mol. The summed E-state index contributed by atoms with van der Waals surface area (Å²) in [4.78, 5) is 14.8. The van der Waals surface area contributed by atoms with E-state index in [2.05, 4.69) is 24.1 Å². The number of carbonyl (C=O) groups excluding carboxylic acids is 1. The Morgan fingerprint density at radius 2 is 2.19 bits per heavy atom. The van der Waals surface area contributed by atoms with Crippen molar-refractivity contribution in [3.8, 4) is 0 Å². The summed E-state index contributed by atoms with van der Waals surface area (Å²) in [5.74, 6) is 0.421. The Balaban J connectivity index is 2.09. The molecule has 1 amide bonds. The van der Waals surface area contributed by atoms with Crippen LogP contribution in [-0.2, 0) is 4.79 Å². The van der Waals surface area contributed by atoms with Crippen molar-refractivity contribution < 1.29 is 4.79 Å². The minimum atomic E-state index is -0.0760. The zero-order chi connectivity index (χ0) is 11.6. The summed E-state index contributed by atoms with van der Waals surface area (Å²) < 4.78 is 0. The summed E-state index contributed by atoms with van der Waals surface area (Å²) in [5.41, 5.74) is -0.0760. The van der Waals surface area contributed by atoms with Crippen LogP contribution in [0, 0.1) is 5.41 Å². The molecule has 1 heterocycles. The molecule has 3 heteroatoms. The minimum Gasteiger partial charge on any atom is -0.339 e. The number of hydrogen-bond acceptors (Lipinski definition) is 2. The number of nitrogens with zero attached hydrogens (tertiary/aromatic N) is 1. The molecule has 2 rings (SSSR count). The number of nitrogens with one attached hydrogen (secondary N) is 1. The molecule has 16 heavy (non-hydrogen) atoms. The van der Waals surface area contributed by atoms with E-state index in [1.54, 1.807) is 0 Å². The third kappa shape index (κ3) is 2.10. The van der Waals surface area contributed by atoms with E-state index in [9.17, 15) is 4.79 Å². The van der Waals surface area contributed by atoms with Crippen molar-refractivity contribution in [3.05, 3.63) is 0 Å². The second kappa shape index (κ2) is 4.74. The highest BCUT2D eigenvalue weighted by Crippen LogP contribution is 2.37. The number of carbonyl (C=O) groups is 1. The average Bonchev–Trinajstić information content (AvgIpc) is 2.99. The maximum Gasteiger partial charge on any atom is 0.230 e. The van der Waals surface area contributed by atoms with Gasteiger partial charge in [-0.05, 0) is 39.2 Å². The van der Waals surface area contributed by atoms with E-state index in [4.69, 9.17) is 0 Å². The van der Waals surface area contributed by atoms with E-state index in [-0.39, 0.29) is 5.41 Å². The maximum absolute atomic E-state index is 12.7. The van der Waals surface area contributed by atoms with Gasteiger partial charge >= 0.3 is 0 Å². The van der Waals surface area contributed by atoms with Gasteiger partial charge < -0.3 is 10.2 Å². The van der Waals surface area contributed by atoms with Crippen LogP contribution in [0.4, 0.5) is 0 Å². The zero-order valence-corrected chi connectivity index (χ0v) is 10.6. The predicted octanol–water partition coefficient (Wildman–Crippen LogP) is 1.78. The highest BCUT2D eigenvalue weighted by molar-refractivity contribution is 5.84. The Kier molecular flexibility index (Phi) is 3.53. The van der Waals surface area contributed by atoms with E-state index >= 15 is 0 Å². The van der Waals surface area contributed by atoms with Crippen LogP contribution in [0.3, 0.4) is 0 Å².